The summed E-state index contributed by atoms with van der Waals surface area (Å²) in [5, 5.41) is 11.4. The first-order chi connectivity index (χ1) is 12.8. The van der Waals surface area contributed by atoms with Gasteiger partial charge in [-0.3, -0.25) is 4.79 Å². The molecule has 0 saturated heterocycles. The highest BCUT2D eigenvalue weighted by Gasteiger charge is 2.25. The van der Waals surface area contributed by atoms with Gasteiger partial charge in [0.1, 0.15) is 5.75 Å². The highest BCUT2D eigenvalue weighted by molar-refractivity contribution is 6.02. The Morgan fingerprint density at radius 2 is 1.56 bits per heavy atom. The number of phenols is 1. The van der Waals surface area contributed by atoms with E-state index in [0.717, 1.165) is 22.3 Å². The molecule has 3 rings (SSSR count). The lowest BCUT2D eigenvalue weighted by Crippen LogP contribution is -2.22. The van der Waals surface area contributed by atoms with Gasteiger partial charge in [-0.2, -0.15) is 0 Å². The van der Waals surface area contributed by atoms with Gasteiger partial charge in [0.25, 0.3) is 0 Å². The van der Waals surface area contributed by atoms with E-state index in [9.17, 15) is 9.90 Å². The first-order valence-corrected chi connectivity index (χ1v) is 10.4. The molecule has 2 heteroatoms. The first kappa shape index (κ1) is 23.2. The van der Waals surface area contributed by atoms with Crippen LogP contribution in [0.4, 0.5) is 0 Å². The SMILES string of the molecule is CC(C)(C)C1CCCCC1.CCC.Cc1cc(O)c(C=O)c2ccccc12. The molecule has 0 bridgehead atoms. The lowest BCUT2D eigenvalue weighted by Gasteiger charge is -2.33. The van der Waals surface area contributed by atoms with Gasteiger partial charge >= 0.3 is 0 Å². The first-order valence-electron chi connectivity index (χ1n) is 10.4. The molecule has 1 saturated carbocycles. The van der Waals surface area contributed by atoms with Crippen molar-refractivity contribution in [2.75, 3.05) is 0 Å². The van der Waals surface area contributed by atoms with Crippen LogP contribution < -0.4 is 0 Å². The molecule has 0 atom stereocenters. The molecule has 0 aliphatic heterocycles. The number of hydrogen-bond acceptors (Lipinski definition) is 2. The summed E-state index contributed by atoms with van der Waals surface area (Å²) in [5.41, 5.74) is 1.91. The summed E-state index contributed by atoms with van der Waals surface area (Å²) >= 11 is 0. The zero-order valence-electron chi connectivity index (χ0n) is 18.1. The van der Waals surface area contributed by atoms with Gasteiger partial charge in [-0.1, -0.05) is 84.6 Å². The van der Waals surface area contributed by atoms with Crippen LogP contribution in [0.5, 0.6) is 5.75 Å². The van der Waals surface area contributed by atoms with Gasteiger partial charge in [-0.05, 0) is 53.5 Å². The largest absolute Gasteiger partial charge is 0.507 e. The topological polar surface area (TPSA) is 37.3 Å². The Morgan fingerprint density at radius 3 is 2.00 bits per heavy atom. The minimum Gasteiger partial charge on any atom is -0.507 e. The second-order valence-electron chi connectivity index (χ2n) is 8.70. The number of rotatable bonds is 1. The minimum absolute atomic E-state index is 0.0520. The molecule has 2 nitrogen and oxygen atoms in total. The summed E-state index contributed by atoms with van der Waals surface area (Å²) in [6.07, 6.45) is 9.32. The van der Waals surface area contributed by atoms with Gasteiger partial charge in [0, 0.05) is 0 Å². The molecule has 0 aromatic heterocycles. The van der Waals surface area contributed by atoms with Crippen molar-refractivity contribution in [3.63, 3.8) is 0 Å². The molecule has 1 aliphatic carbocycles. The predicted molar refractivity (Wildman–Crippen MR) is 118 cm³/mol. The van der Waals surface area contributed by atoms with E-state index in [2.05, 4.69) is 34.6 Å². The molecule has 0 amide bonds. The summed E-state index contributed by atoms with van der Waals surface area (Å²) in [7, 11) is 0. The lowest BCUT2D eigenvalue weighted by molar-refractivity contribution is 0.112. The summed E-state index contributed by atoms with van der Waals surface area (Å²) in [4.78, 5) is 10.8. The molecule has 0 unspecified atom stereocenters. The fraction of sp³-hybridized carbons (Fsp3) is 0.560. The normalized spacial score (nSPS) is 14.6. The predicted octanol–water partition coefficient (Wildman–Crippen LogP) is 7.70. The second kappa shape index (κ2) is 11.1. The van der Waals surface area contributed by atoms with Crippen LogP contribution in [0, 0.1) is 18.3 Å². The Kier molecular flexibility index (Phi) is 9.55. The number of carbonyl (C=O) groups excluding carboxylic acids is 1. The second-order valence-corrected chi connectivity index (χ2v) is 8.70. The maximum Gasteiger partial charge on any atom is 0.154 e. The summed E-state index contributed by atoms with van der Waals surface area (Å²) in [6, 6.07) is 9.17. The summed E-state index contributed by atoms with van der Waals surface area (Å²) in [5.74, 6) is 1.05. The quantitative estimate of drug-likeness (QED) is 0.522. The fourth-order valence-electron chi connectivity index (χ4n) is 3.65. The van der Waals surface area contributed by atoms with Crippen molar-refractivity contribution < 1.29 is 9.90 Å². The Bertz CT molecular complexity index is 704. The van der Waals surface area contributed by atoms with E-state index in [0.29, 0.717) is 17.3 Å². The summed E-state index contributed by atoms with van der Waals surface area (Å²) in [6.45, 7) is 13.3. The number of hydrogen-bond donors (Lipinski definition) is 1. The number of aldehydes is 1. The third-order valence-electron chi connectivity index (χ3n) is 5.22. The average Bonchev–Trinajstić information content (AvgIpc) is 2.63. The molecule has 27 heavy (non-hydrogen) atoms. The molecular weight excluding hydrogens is 332 g/mol. The highest BCUT2D eigenvalue weighted by Crippen LogP contribution is 2.37. The number of carbonyl (C=O) groups is 1. The Balaban J connectivity index is 0.000000246. The zero-order chi connectivity index (χ0) is 20.4. The van der Waals surface area contributed by atoms with Crippen LogP contribution in [0.25, 0.3) is 10.8 Å². The number of aryl methyl sites for hydroxylation is 1. The Labute approximate surface area is 166 Å². The van der Waals surface area contributed by atoms with E-state index in [-0.39, 0.29) is 5.75 Å². The number of benzene rings is 2. The Hall–Kier alpha value is -1.83. The monoisotopic (exact) mass is 370 g/mol. The van der Waals surface area contributed by atoms with Crippen molar-refractivity contribution >= 4 is 17.1 Å². The highest BCUT2D eigenvalue weighted by atomic mass is 16.3. The molecule has 2 aromatic rings. The van der Waals surface area contributed by atoms with E-state index < -0.39 is 0 Å². The Morgan fingerprint density at radius 1 is 1.04 bits per heavy atom. The molecular formula is C25H38O2. The molecule has 0 heterocycles. The van der Waals surface area contributed by atoms with Crippen LogP contribution in [-0.2, 0) is 0 Å². The van der Waals surface area contributed by atoms with Gasteiger partial charge < -0.3 is 5.11 Å². The standard InChI is InChI=1S/C12H10O2.C10H20.C3H8/c1-8-6-12(14)11(7-13)10-5-3-2-4-9(8)10;1-10(2,3)9-7-5-4-6-8-9;1-3-2/h2-7,14H,1H3;9H,4-8H2,1-3H3;3H2,1-2H3. The smallest absolute Gasteiger partial charge is 0.154 e. The van der Waals surface area contributed by atoms with E-state index in [1.54, 1.807) is 6.07 Å². The van der Waals surface area contributed by atoms with E-state index in [1.165, 1.54) is 38.5 Å². The summed E-state index contributed by atoms with van der Waals surface area (Å²) < 4.78 is 0. The van der Waals surface area contributed by atoms with Crippen LogP contribution in [0.3, 0.4) is 0 Å². The van der Waals surface area contributed by atoms with Crippen LogP contribution >= 0.6 is 0 Å². The van der Waals surface area contributed by atoms with Gasteiger partial charge in [0.15, 0.2) is 6.29 Å². The number of aromatic hydroxyl groups is 1. The van der Waals surface area contributed by atoms with Crippen molar-refractivity contribution in [3.8, 4) is 5.75 Å². The lowest BCUT2D eigenvalue weighted by atomic mass is 9.72. The maximum absolute atomic E-state index is 10.8. The number of phenolic OH excluding ortho intramolecular Hbond substituents is 1. The van der Waals surface area contributed by atoms with Crippen molar-refractivity contribution in [2.45, 2.75) is 80.1 Å². The van der Waals surface area contributed by atoms with Crippen molar-refractivity contribution in [2.24, 2.45) is 11.3 Å². The third kappa shape index (κ3) is 7.01. The number of fused-ring (bicyclic) bond motifs is 1. The molecule has 0 radical (unpaired) electrons. The molecule has 0 spiro atoms. The maximum atomic E-state index is 10.8. The van der Waals surface area contributed by atoms with Crippen LogP contribution in [0.1, 0.15) is 89.1 Å². The van der Waals surface area contributed by atoms with Crippen molar-refractivity contribution in [1.29, 1.82) is 0 Å². The van der Waals surface area contributed by atoms with Crippen LogP contribution in [0.2, 0.25) is 0 Å². The minimum atomic E-state index is 0.0520. The third-order valence-corrected chi connectivity index (χ3v) is 5.22. The van der Waals surface area contributed by atoms with Crippen LogP contribution in [-0.4, -0.2) is 11.4 Å². The van der Waals surface area contributed by atoms with Gasteiger partial charge in [0.05, 0.1) is 5.56 Å². The fourth-order valence-corrected chi connectivity index (χ4v) is 3.65. The van der Waals surface area contributed by atoms with E-state index in [1.807, 2.05) is 31.2 Å². The zero-order valence-corrected chi connectivity index (χ0v) is 18.1. The van der Waals surface area contributed by atoms with E-state index in [4.69, 9.17) is 0 Å². The molecule has 1 aliphatic rings. The van der Waals surface area contributed by atoms with Gasteiger partial charge in [-0.15, -0.1) is 0 Å². The van der Waals surface area contributed by atoms with Crippen LogP contribution in [0.15, 0.2) is 30.3 Å². The van der Waals surface area contributed by atoms with Crippen molar-refractivity contribution in [1.82, 2.24) is 0 Å². The van der Waals surface area contributed by atoms with Gasteiger partial charge in [-0.25, -0.2) is 0 Å². The van der Waals surface area contributed by atoms with E-state index >= 15 is 0 Å². The van der Waals surface area contributed by atoms with Gasteiger partial charge in [0.2, 0.25) is 0 Å². The molecule has 1 fully saturated rings. The molecule has 1 N–H and O–H groups in total. The molecule has 150 valence electrons. The average molecular weight is 371 g/mol. The van der Waals surface area contributed by atoms with Crippen molar-refractivity contribution in [3.05, 3.63) is 41.5 Å². The molecule has 2 aromatic carbocycles.